The molecule has 2 aliphatic rings. The maximum Gasteiger partial charge on any atom is 0.224 e. The Labute approximate surface area is 102 Å². The standard InChI is InChI=1S/C14H18N2O/c17-13(8-11-4-2-1-3-5-11)16-14-7-6-12(14)9-15-10-14/h1-5,12,15H,6-10H2,(H,16,17). The quantitative estimate of drug-likeness (QED) is 0.816. The summed E-state index contributed by atoms with van der Waals surface area (Å²) in [6.07, 6.45) is 2.87. The van der Waals surface area contributed by atoms with Gasteiger partial charge >= 0.3 is 0 Å². The molecule has 2 unspecified atom stereocenters. The Hall–Kier alpha value is -1.35. The van der Waals surface area contributed by atoms with E-state index in [1.54, 1.807) is 0 Å². The van der Waals surface area contributed by atoms with E-state index in [4.69, 9.17) is 0 Å². The maximum atomic E-state index is 12.0. The van der Waals surface area contributed by atoms with E-state index in [2.05, 4.69) is 10.6 Å². The fourth-order valence-corrected chi connectivity index (χ4v) is 3.01. The summed E-state index contributed by atoms with van der Waals surface area (Å²) in [5, 5.41) is 6.62. The molecule has 1 saturated carbocycles. The van der Waals surface area contributed by atoms with Gasteiger partial charge in [-0.25, -0.2) is 0 Å². The topological polar surface area (TPSA) is 41.1 Å². The molecule has 0 spiro atoms. The largest absolute Gasteiger partial charge is 0.349 e. The van der Waals surface area contributed by atoms with Gasteiger partial charge in [0, 0.05) is 13.1 Å². The van der Waals surface area contributed by atoms with Gasteiger partial charge in [0.15, 0.2) is 0 Å². The molecular formula is C14H18N2O. The van der Waals surface area contributed by atoms with Gasteiger partial charge in [-0.05, 0) is 24.3 Å². The molecule has 1 heterocycles. The van der Waals surface area contributed by atoms with Gasteiger partial charge in [0.2, 0.25) is 5.91 Å². The molecule has 1 aliphatic carbocycles. The molecule has 2 atom stereocenters. The minimum Gasteiger partial charge on any atom is -0.349 e. The van der Waals surface area contributed by atoms with Crippen LogP contribution in [0.4, 0.5) is 0 Å². The van der Waals surface area contributed by atoms with Gasteiger partial charge in [-0.15, -0.1) is 0 Å². The van der Waals surface area contributed by atoms with Crippen molar-refractivity contribution in [2.45, 2.75) is 24.8 Å². The van der Waals surface area contributed by atoms with Crippen molar-refractivity contribution in [3.05, 3.63) is 35.9 Å². The number of carbonyl (C=O) groups is 1. The van der Waals surface area contributed by atoms with Crippen molar-refractivity contribution in [2.24, 2.45) is 5.92 Å². The van der Waals surface area contributed by atoms with E-state index in [1.165, 1.54) is 6.42 Å². The Balaban J connectivity index is 1.61. The first kappa shape index (κ1) is 10.8. The third-order valence-electron chi connectivity index (χ3n) is 4.15. The second kappa shape index (κ2) is 4.15. The molecule has 0 bridgehead atoms. The number of hydrogen-bond acceptors (Lipinski definition) is 2. The van der Waals surface area contributed by atoms with Crippen molar-refractivity contribution in [2.75, 3.05) is 13.1 Å². The van der Waals surface area contributed by atoms with Gasteiger partial charge in [0.1, 0.15) is 0 Å². The number of carbonyl (C=O) groups excluding carboxylic acids is 1. The van der Waals surface area contributed by atoms with Crippen LogP contribution < -0.4 is 10.6 Å². The first-order chi connectivity index (χ1) is 8.28. The van der Waals surface area contributed by atoms with Crippen LogP contribution in [0.15, 0.2) is 30.3 Å². The zero-order chi connectivity index (χ0) is 11.7. The van der Waals surface area contributed by atoms with Crippen molar-refractivity contribution in [1.29, 1.82) is 0 Å². The average molecular weight is 230 g/mol. The summed E-state index contributed by atoms with van der Waals surface area (Å²) in [6, 6.07) is 9.93. The van der Waals surface area contributed by atoms with Gasteiger partial charge in [0.05, 0.1) is 12.0 Å². The summed E-state index contributed by atoms with van der Waals surface area (Å²) in [5.74, 6) is 0.812. The van der Waals surface area contributed by atoms with Crippen LogP contribution in [0, 0.1) is 5.92 Å². The molecule has 3 rings (SSSR count). The summed E-state index contributed by atoms with van der Waals surface area (Å²) < 4.78 is 0. The van der Waals surface area contributed by atoms with Crippen LogP contribution in [0.1, 0.15) is 18.4 Å². The van der Waals surface area contributed by atoms with E-state index in [0.29, 0.717) is 12.3 Å². The SMILES string of the molecule is O=C(Cc1ccccc1)NC12CCC1CNC2. The van der Waals surface area contributed by atoms with Crippen molar-refractivity contribution in [1.82, 2.24) is 10.6 Å². The zero-order valence-electron chi connectivity index (χ0n) is 9.91. The second-order valence-electron chi connectivity index (χ2n) is 5.23. The van der Waals surface area contributed by atoms with E-state index < -0.39 is 0 Å². The lowest BCUT2D eigenvalue weighted by Gasteiger charge is -2.44. The molecule has 1 aromatic rings. The van der Waals surface area contributed by atoms with Crippen LogP contribution in [0.3, 0.4) is 0 Å². The Morgan fingerprint density at radius 1 is 1.41 bits per heavy atom. The van der Waals surface area contributed by atoms with Crippen LogP contribution in [0.5, 0.6) is 0 Å². The third-order valence-corrected chi connectivity index (χ3v) is 4.15. The monoisotopic (exact) mass is 230 g/mol. The second-order valence-corrected chi connectivity index (χ2v) is 5.23. The molecule has 90 valence electrons. The normalized spacial score (nSPS) is 30.5. The molecule has 1 saturated heterocycles. The highest BCUT2D eigenvalue weighted by atomic mass is 16.1. The average Bonchev–Trinajstić information content (AvgIpc) is 2.58. The van der Waals surface area contributed by atoms with E-state index in [-0.39, 0.29) is 11.4 Å². The summed E-state index contributed by atoms with van der Waals surface area (Å²) in [4.78, 5) is 12.0. The van der Waals surface area contributed by atoms with Crippen molar-refractivity contribution in [3.8, 4) is 0 Å². The highest BCUT2D eigenvalue weighted by molar-refractivity contribution is 5.79. The van der Waals surface area contributed by atoms with Gasteiger partial charge in [-0.3, -0.25) is 4.79 Å². The Morgan fingerprint density at radius 2 is 2.24 bits per heavy atom. The molecule has 1 amide bonds. The van der Waals surface area contributed by atoms with Gasteiger partial charge < -0.3 is 10.6 Å². The number of fused-ring (bicyclic) bond motifs is 1. The van der Waals surface area contributed by atoms with E-state index in [0.717, 1.165) is 25.1 Å². The Kier molecular flexibility index (Phi) is 2.63. The first-order valence-electron chi connectivity index (χ1n) is 6.34. The van der Waals surface area contributed by atoms with E-state index in [9.17, 15) is 4.79 Å². The molecule has 2 N–H and O–H groups in total. The number of benzene rings is 1. The predicted octanol–water partition coefficient (Wildman–Crippen LogP) is 1.10. The lowest BCUT2D eigenvalue weighted by molar-refractivity contribution is -0.124. The molecule has 0 radical (unpaired) electrons. The lowest BCUT2D eigenvalue weighted by Crippen LogP contribution is -2.60. The molecule has 3 nitrogen and oxygen atoms in total. The zero-order valence-corrected chi connectivity index (χ0v) is 9.91. The van der Waals surface area contributed by atoms with E-state index in [1.807, 2.05) is 30.3 Å². The number of amides is 1. The first-order valence-corrected chi connectivity index (χ1v) is 6.34. The smallest absolute Gasteiger partial charge is 0.224 e. The van der Waals surface area contributed by atoms with Crippen LogP contribution in [0.2, 0.25) is 0 Å². The van der Waals surface area contributed by atoms with Crippen molar-refractivity contribution >= 4 is 5.91 Å². The lowest BCUT2D eigenvalue weighted by atomic mass is 9.69. The minimum absolute atomic E-state index is 0.0753. The summed E-state index contributed by atoms with van der Waals surface area (Å²) in [6.45, 7) is 2.00. The molecule has 3 heteroatoms. The number of nitrogens with one attached hydrogen (secondary N) is 2. The van der Waals surface area contributed by atoms with Crippen LogP contribution in [-0.4, -0.2) is 24.5 Å². The van der Waals surface area contributed by atoms with Crippen LogP contribution >= 0.6 is 0 Å². The molecule has 0 aromatic heterocycles. The molecule has 1 aromatic carbocycles. The molecule has 2 fully saturated rings. The summed E-state index contributed by atoms with van der Waals surface area (Å²) in [5.41, 5.74) is 1.16. The highest BCUT2D eigenvalue weighted by Gasteiger charge is 2.50. The van der Waals surface area contributed by atoms with Gasteiger partial charge in [-0.1, -0.05) is 30.3 Å². The molecular weight excluding hydrogens is 212 g/mol. The maximum absolute atomic E-state index is 12.0. The fourth-order valence-electron chi connectivity index (χ4n) is 3.01. The molecule has 1 aliphatic heterocycles. The fraction of sp³-hybridized carbons (Fsp3) is 0.500. The van der Waals surface area contributed by atoms with Crippen LogP contribution in [0.25, 0.3) is 0 Å². The number of hydrogen-bond donors (Lipinski definition) is 2. The summed E-state index contributed by atoms with van der Waals surface area (Å²) in [7, 11) is 0. The van der Waals surface area contributed by atoms with Crippen molar-refractivity contribution < 1.29 is 4.79 Å². The molecule has 17 heavy (non-hydrogen) atoms. The Morgan fingerprint density at radius 3 is 2.88 bits per heavy atom. The predicted molar refractivity (Wildman–Crippen MR) is 66.6 cm³/mol. The van der Waals surface area contributed by atoms with Crippen molar-refractivity contribution in [3.63, 3.8) is 0 Å². The van der Waals surface area contributed by atoms with Gasteiger partial charge in [-0.2, -0.15) is 0 Å². The Bertz CT molecular complexity index is 417. The summed E-state index contributed by atoms with van der Waals surface area (Å²) >= 11 is 0. The number of rotatable bonds is 3. The van der Waals surface area contributed by atoms with Crippen LogP contribution in [-0.2, 0) is 11.2 Å². The minimum atomic E-state index is 0.0753. The van der Waals surface area contributed by atoms with Gasteiger partial charge in [0.25, 0.3) is 0 Å². The van der Waals surface area contributed by atoms with E-state index >= 15 is 0 Å². The third kappa shape index (κ3) is 1.95. The highest BCUT2D eigenvalue weighted by Crippen LogP contribution is 2.41.